The topological polar surface area (TPSA) is 0 Å². The van der Waals surface area contributed by atoms with Gasteiger partial charge in [-0.1, -0.05) is 0 Å². The first-order valence-electron chi connectivity index (χ1n) is 1.23. The van der Waals surface area contributed by atoms with Gasteiger partial charge in [0.05, 0.1) is 0 Å². The molecule has 0 aliphatic rings. The summed E-state index contributed by atoms with van der Waals surface area (Å²) in [6.07, 6.45) is 3.83. The molecule has 0 aliphatic heterocycles. The fourth-order valence-corrected chi connectivity index (χ4v) is 0. The van der Waals surface area contributed by atoms with Gasteiger partial charge in [0.2, 0.25) is 0 Å². The Morgan fingerprint density at radius 2 is 1.60 bits per heavy atom. The Morgan fingerprint density at radius 3 is 1.60 bits per heavy atom. The van der Waals surface area contributed by atoms with Gasteiger partial charge in [-0.3, -0.25) is 0 Å². The molecule has 0 bridgehead atoms. The van der Waals surface area contributed by atoms with E-state index >= 15 is 0 Å². The molecule has 30 valence electrons. The number of hydrogen-bond donors (Lipinski definition) is 1. The van der Waals surface area contributed by atoms with Crippen LogP contribution in [0.1, 0.15) is 0 Å². The van der Waals surface area contributed by atoms with Crippen molar-refractivity contribution in [2.24, 2.45) is 0 Å². The van der Waals surface area contributed by atoms with E-state index in [-0.39, 0.29) is 0 Å². The normalized spacial score (nSPS) is 12.2. The summed E-state index contributed by atoms with van der Waals surface area (Å²) < 4.78 is 0. The van der Waals surface area contributed by atoms with Gasteiger partial charge in [-0.2, -0.15) is 0 Å². The van der Waals surface area contributed by atoms with Crippen molar-refractivity contribution in [1.29, 1.82) is 0 Å². The summed E-state index contributed by atoms with van der Waals surface area (Å²) in [7, 11) is -0.972. The van der Waals surface area contributed by atoms with Crippen LogP contribution in [0.5, 0.6) is 0 Å². The van der Waals surface area contributed by atoms with Gasteiger partial charge in [0.1, 0.15) is 0 Å². The second kappa shape index (κ2) is 1.48. The fraction of sp³-hybridized carbons (Fsp3) is 1.00. The quantitative estimate of drug-likeness (QED) is 0.265. The van der Waals surface area contributed by atoms with Crippen LogP contribution in [0.25, 0.3) is 0 Å². The third kappa shape index (κ3) is 62.3. The molecule has 0 spiro atoms. The van der Waals surface area contributed by atoms with Crippen molar-refractivity contribution in [3.63, 3.8) is 0 Å². The molecule has 0 aromatic rings. The van der Waals surface area contributed by atoms with E-state index in [1.807, 2.05) is 12.5 Å². The Balaban J connectivity index is 3.66. The first-order valence-corrected chi connectivity index (χ1v) is 4.80. The Kier molecular flexibility index (Phi) is 1.70. The Hall–Kier alpha value is 0.765. The summed E-state index contributed by atoms with van der Waals surface area (Å²) in [4.78, 5) is 0. The van der Waals surface area contributed by atoms with E-state index in [0.29, 0.717) is 0 Å². The van der Waals surface area contributed by atoms with Gasteiger partial charge in [-0.05, 0) is 0 Å². The van der Waals surface area contributed by atoms with Crippen molar-refractivity contribution in [2.75, 3.05) is 12.5 Å². The molecular formula is C2H7BS2. The minimum absolute atomic E-state index is 0.972. The molecule has 0 aromatic carbocycles. The molecule has 0 aliphatic carbocycles. The van der Waals surface area contributed by atoms with Crippen molar-refractivity contribution in [3.8, 4) is 0 Å². The molecule has 5 heavy (non-hydrogen) atoms. The van der Waals surface area contributed by atoms with Crippen LogP contribution in [-0.2, 0) is 0 Å². The van der Waals surface area contributed by atoms with Crippen LogP contribution >= 0.6 is 20.0 Å². The number of thiol groups is 1. The van der Waals surface area contributed by atoms with E-state index < -0.39 is 8.30 Å². The molecule has 0 atom stereocenters. The van der Waals surface area contributed by atoms with Crippen LogP contribution in [0.2, 0.25) is 0 Å². The fourth-order valence-electron chi connectivity index (χ4n) is 0. The van der Waals surface area contributed by atoms with Gasteiger partial charge in [-0.25, -0.2) is 0 Å². The molecular weight excluding hydrogens is 99.0 g/mol. The van der Waals surface area contributed by atoms with Gasteiger partial charge in [0.15, 0.2) is 0 Å². The molecule has 0 fully saturated rings. The molecule has 0 amide bonds. The Morgan fingerprint density at radius 1 is 1.60 bits per heavy atom. The average molecular weight is 106 g/mol. The molecule has 0 N–H and O–H groups in total. The van der Waals surface area contributed by atoms with Gasteiger partial charge < -0.3 is 0 Å². The summed E-state index contributed by atoms with van der Waals surface area (Å²) >= 11 is 3.98. The zero-order valence-electron chi connectivity index (χ0n) is 3.43. The SMILES string of the molecule is B#S(C)(C)S. The molecule has 0 aromatic heterocycles. The van der Waals surface area contributed by atoms with Gasteiger partial charge in [-0.15, -0.1) is 0 Å². The molecule has 0 rings (SSSR count). The number of hydrogen-bond acceptors (Lipinski definition) is 1. The molecule has 0 radical (unpaired) electrons. The molecule has 0 saturated carbocycles. The van der Waals surface area contributed by atoms with Crippen LogP contribution in [0.4, 0.5) is 0 Å². The van der Waals surface area contributed by atoms with Crippen molar-refractivity contribution in [2.45, 2.75) is 0 Å². The monoisotopic (exact) mass is 106 g/mol. The summed E-state index contributed by atoms with van der Waals surface area (Å²) in [5, 5.41) is 0. The van der Waals surface area contributed by atoms with Gasteiger partial charge in [0, 0.05) is 0 Å². The van der Waals surface area contributed by atoms with Gasteiger partial charge >= 0.3 is 39.0 Å². The standard InChI is InChI=1S/C2H7BS2/c1-5(2,3)4/h4H,1-2H3. The average Bonchev–Trinajstić information content (AvgIpc) is 0.722. The summed E-state index contributed by atoms with van der Waals surface area (Å²) in [6, 6.07) is 0. The van der Waals surface area contributed by atoms with Crippen molar-refractivity contribution in [3.05, 3.63) is 0 Å². The molecule has 0 saturated heterocycles. The first kappa shape index (κ1) is 5.76. The van der Waals surface area contributed by atoms with Crippen LogP contribution in [0.3, 0.4) is 0 Å². The molecule has 0 heterocycles. The number of rotatable bonds is 0. The predicted octanol–water partition coefficient (Wildman–Crippen LogP) is 0.979. The second-order valence-electron chi connectivity index (χ2n) is 1.35. The minimum atomic E-state index is -0.972. The maximum absolute atomic E-state index is 5.30. The zero-order chi connectivity index (χ0) is 4.50. The molecule has 0 nitrogen and oxygen atoms in total. The van der Waals surface area contributed by atoms with E-state index in [0.717, 1.165) is 0 Å². The van der Waals surface area contributed by atoms with Crippen LogP contribution in [0.15, 0.2) is 0 Å². The van der Waals surface area contributed by atoms with Crippen molar-refractivity contribution in [1.82, 2.24) is 0 Å². The van der Waals surface area contributed by atoms with Gasteiger partial charge in [0.25, 0.3) is 0 Å². The van der Waals surface area contributed by atoms with Crippen molar-refractivity contribution >= 4 is 26.5 Å². The van der Waals surface area contributed by atoms with E-state index in [2.05, 4.69) is 11.7 Å². The zero-order valence-corrected chi connectivity index (χ0v) is 5.14. The Labute approximate surface area is 39.6 Å². The molecule has 3 heteroatoms. The third-order valence-electron chi connectivity index (χ3n) is 0. The first-order chi connectivity index (χ1) is 2.00. The molecule has 0 unspecified atom stereocenters. The van der Waals surface area contributed by atoms with E-state index in [4.69, 9.17) is 6.53 Å². The third-order valence-corrected chi connectivity index (χ3v) is 0. The van der Waals surface area contributed by atoms with E-state index in [9.17, 15) is 0 Å². The van der Waals surface area contributed by atoms with Crippen LogP contribution in [0, 0.1) is 0 Å². The van der Waals surface area contributed by atoms with E-state index in [1.165, 1.54) is 0 Å². The van der Waals surface area contributed by atoms with E-state index in [1.54, 1.807) is 0 Å². The summed E-state index contributed by atoms with van der Waals surface area (Å²) in [5.74, 6) is 0. The summed E-state index contributed by atoms with van der Waals surface area (Å²) in [6.45, 7) is 5.30. The summed E-state index contributed by atoms with van der Waals surface area (Å²) in [5.41, 5.74) is 0. The predicted molar refractivity (Wildman–Crippen MR) is 34.2 cm³/mol. The van der Waals surface area contributed by atoms with Crippen LogP contribution in [-0.4, -0.2) is 19.0 Å². The van der Waals surface area contributed by atoms with Crippen molar-refractivity contribution < 1.29 is 0 Å². The Bertz CT molecular complexity index is 86.8. The second-order valence-corrected chi connectivity index (χ2v) is 6.87. The van der Waals surface area contributed by atoms with Crippen LogP contribution < -0.4 is 0 Å². The maximum atomic E-state index is 5.30.